The normalized spacial score (nSPS) is 27.9. The fourth-order valence-corrected chi connectivity index (χ4v) is 2.75. The molecule has 1 saturated heterocycles. The van der Waals surface area contributed by atoms with Crippen LogP contribution in [0, 0.1) is 0 Å². The quantitative estimate of drug-likeness (QED) is 0.260. The molecule has 1 fully saturated rings. The highest BCUT2D eigenvalue weighted by molar-refractivity contribution is 5.31. The van der Waals surface area contributed by atoms with Crippen molar-refractivity contribution in [3.05, 3.63) is 33.2 Å². The van der Waals surface area contributed by atoms with Gasteiger partial charge in [-0.05, 0) is 18.0 Å². The zero-order valence-electron chi connectivity index (χ0n) is 14.5. The highest BCUT2D eigenvalue weighted by atomic mass is 19.1. The number of halogens is 1. The summed E-state index contributed by atoms with van der Waals surface area (Å²) in [7, 11) is 0. The Morgan fingerprint density at radius 1 is 1.54 bits per heavy atom. The van der Waals surface area contributed by atoms with Gasteiger partial charge in [-0.15, -0.1) is 0 Å². The first-order chi connectivity index (χ1) is 12.5. The molecule has 1 unspecified atom stereocenters. The first-order valence-electron chi connectivity index (χ1n) is 8.49. The molecule has 2 rings (SSSR count). The molecule has 0 saturated carbocycles. The second kappa shape index (κ2) is 8.95. The molecule has 0 aromatic carbocycles. The first kappa shape index (κ1) is 20.1. The fourth-order valence-electron chi connectivity index (χ4n) is 2.75. The number of hydrogen-bond donors (Lipinski definition) is 3. The van der Waals surface area contributed by atoms with Crippen molar-refractivity contribution in [2.24, 2.45) is 5.11 Å². The van der Waals surface area contributed by atoms with Gasteiger partial charge < -0.3 is 20.3 Å². The van der Waals surface area contributed by atoms with Crippen LogP contribution in [0.3, 0.4) is 0 Å². The number of hydrogen-bond acceptors (Lipinski definition) is 7. The summed E-state index contributed by atoms with van der Waals surface area (Å²) in [4.78, 5) is 18.5. The van der Waals surface area contributed by atoms with Gasteiger partial charge in [-0.3, -0.25) is 4.57 Å². The summed E-state index contributed by atoms with van der Waals surface area (Å²) < 4.78 is 20.5. The topological polar surface area (TPSA) is 145 Å². The molecule has 1 aliphatic rings. The highest BCUT2D eigenvalue weighted by Gasteiger charge is 2.56. The molecule has 2 heterocycles. The maximum atomic E-state index is 14.4. The van der Waals surface area contributed by atoms with Gasteiger partial charge in [0.15, 0.2) is 12.4 Å². The predicted molar refractivity (Wildman–Crippen MR) is 91.1 cm³/mol. The molecule has 26 heavy (non-hydrogen) atoms. The zero-order chi connectivity index (χ0) is 19.2. The Balaban J connectivity index is 2.12. The Morgan fingerprint density at radius 2 is 2.31 bits per heavy atom. The number of unbranched alkanes of at least 4 members (excludes halogenated alkanes) is 3. The molecule has 0 amide bonds. The summed E-state index contributed by atoms with van der Waals surface area (Å²) in [5.41, 5.74) is 5.58. The lowest BCUT2D eigenvalue weighted by Crippen LogP contribution is -2.43. The number of nitrogens with zero attached hydrogens (tertiary/aromatic N) is 5. The van der Waals surface area contributed by atoms with E-state index in [0.717, 1.165) is 30.3 Å². The molecule has 0 radical (unpaired) electrons. The van der Waals surface area contributed by atoms with Gasteiger partial charge in [-0.2, -0.15) is 4.98 Å². The first-order valence-corrected chi connectivity index (χ1v) is 8.49. The molecule has 0 spiro atoms. The van der Waals surface area contributed by atoms with Crippen LogP contribution in [-0.4, -0.2) is 50.9 Å². The second-order valence-electron chi connectivity index (χ2n) is 6.08. The van der Waals surface area contributed by atoms with E-state index < -0.39 is 36.5 Å². The highest BCUT2D eigenvalue weighted by Crippen LogP contribution is 2.39. The van der Waals surface area contributed by atoms with Gasteiger partial charge in [-0.25, -0.2) is 9.18 Å². The van der Waals surface area contributed by atoms with E-state index in [1.54, 1.807) is 0 Å². The van der Waals surface area contributed by atoms with Gasteiger partial charge in [0.25, 0.3) is 0 Å². The Hall–Kier alpha value is -2.20. The van der Waals surface area contributed by atoms with Crippen LogP contribution in [0.15, 0.2) is 22.2 Å². The maximum Gasteiger partial charge on any atom is 0.351 e. The third-order valence-corrected chi connectivity index (χ3v) is 4.24. The molecular formula is C15H23FN6O4. The Labute approximate surface area is 149 Å². The average Bonchev–Trinajstić information content (AvgIpc) is 2.88. The van der Waals surface area contributed by atoms with Crippen molar-refractivity contribution in [3.8, 4) is 0 Å². The van der Waals surface area contributed by atoms with Crippen molar-refractivity contribution >= 4 is 5.82 Å². The van der Waals surface area contributed by atoms with Crippen molar-refractivity contribution in [1.82, 2.24) is 9.55 Å². The van der Waals surface area contributed by atoms with Crippen molar-refractivity contribution < 1.29 is 19.3 Å². The van der Waals surface area contributed by atoms with Gasteiger partial charge in [0.2, 0.25) is 5.72 Å². The molecule has 1 aromatic rings. The number of aliphatic hydroxyl groups is 2. The van der Waals surface area contributed by atoms with Crippen LogP contribution in [0.4, 0.5) is 10.2 Å². The van der Waals surface area contributed by atoms with Gasteiger partial charge >= 0.3 is 5.69 Å². The molecule has 144 valence electrons. The smallest absolute Gasteiger partial charge is 0.351 e. The Morgan fingerprint density at radius 3 is 2.92 bits per heavy atom. The molecule has 0 bridgehead atoms. The van der Waals surface area contributed by atoms with Gasteiger partial charge in [0.1, 0.15) is 11.9 Å². The number of azide groups is 1. The standard InChI is InChI=1S/C15H23FN6O4/c1-2-3-4-5-7-18-10-6-8-22(14(25)19-10)13-11(16)12(24)15(9-23,26-13)20-21-17/h6,8,11-13,23-24H,2-5,7,9H2,1H3,(H,18,19,25)/t11-,12?,13+,15+/m0/s1. The molecule has 1 aliphatic heterocycles. The minimum absolute atomic E-state index is 0.347. The van der Waals surface area contributed by atoms with Crippen molar-refractivity contribution in [2.75, 3.05) is 18.5 Å². The van der Waals surface area contributed by atoms with Crippen molar-refractivity contribution in [2.45, 2.75) is 56.8 Å². The third-order valence-electron chi connectivity index (χ3n) is 4.24. The summed E-state index contributed by atoms with van der Waals surface area (Å²) in [6.45, 7) is 1.84. The molecule has 3 N–H and O–H groups in total. The number of aromatic nitrogens is 2. The van der Waals surface area contributed by atoms with Crippen LogP contribution in [0.2, 0.25) is 0 Å². The molecular weight excluding hydrogens is 347 g/mol. The third kappa shape index (κ3) is 4.13. The molecule has 10 nitrogen and oxygen atoms in total. The van der Waals surface area contributed by atoms with Gasteiger partial charge in [0.05, 0.1) is 6.61 Å². The summed E-state index contributed by atoms with van der Waals surface area (Å²) >= 11 is 0. The lowest BCUT2D eigenvalue weighted by atomic mass is 10.1. The summed E-state index contributed by atoms with van der Waals surface area (Å²) in [6, 6.07) is 1.48. The van der Waals surface area contributed by atoms with Gasteiger partial charge in [-0.1, -0.05) is 31.3 Å². The minimum atomic E-state index is -2.19. The number of rotatable bonds is 9. The van der Waals surface area contributed by atoms with Crippen LogP contribution in [-0.2, 0) is 4.74 Å². The molecule has 0 aliphatic carbocycles. The van der Waals surface area contributed by atoms with Crippen LogP contribution in [0.5, 0.6) is 0 Å². The summed E-state index contributed by atoms with van der Waals surface area (Å²) in [5.74, 6) is 0.347. The Kier molecular flexibility index (Phi) is 6.92. The number of nitrogens with one attached hydrogen (secondary N) is 1. The number of aliphatic hydroxyl groups excluding tert-OH is 2. The van der Waals surface area contributed by atoms with Gasteiger partial charge in [0, 0.05) is 17.7 Å². The molecule has 1 aromatic heterocycles. The van der Waals surface area contributed by atoms with Crippen molar-refractivity contribution in [1.29, 1.82) is 0 Å². The van der Waals surface area contributed by atoms with Crippen LogP contribution >= 0.6 is 0 Å². The predicted octanol–water partition coefficient (Wildman–Crippen LogP) is 1.46. The number of anilines is 1. The van der Waals surface area contributed by atoms with Crippen LogP contribution in [0.25, 0.3) is 10.4 Å². The SMILES string of the molecule is CCCCCCNc1ccn([C@@H]2O[C@@](CO)(N=[N+]=[N-])C(O)[C@@H]2F)c(=O)n1. The molecule has 4 atom stereocenters. The molecule has 11 heteroatoms. The van der Waals surface area contributed by atoms with E-state index in [2.05, 4.69) is 27.3 Å². The Bertz CT molecular complexity index is 710. The number of ether oxygens (including phenoxy) is 1. The maximum absolute atomic E-state index is 14.4. The van der Waals surface area contributed by atoms with Crippen molar-refractivity contribution in [3.63, 3.8) is 0 Å². The van der Waals surface area contributed by atoms with E-state index in [1.807, 2.05) is 0 Å². The zero-order valence-corrected chi connectivity index (χ0v) is 14.5. The van der Waals surface area contributed by atoms with E-state index in [9.17, 15) is 19.4 Å². The summed E-state index contributed by atoms with van der Waals surface area (Å²) in [6.07, 6.45) is -0.0328. The second-order valence-corrected chi connectivity index (χ2v) is 6.08. The fraction of sp³-hybridized carbons (Fsp3) is 0.733. The van der Waals surface area contributed by atoms with Crippen LogP contribution < -0.4 is 11.0 Å². The van der Waals surface area contributed by atoms with E-state index >= 15 is 0 Å². The van der Waals surface area contributed by atoms with E-state index in [-0.39, 0.29) is 0 Å². The monoisotopic (exact) mass is 370 g/mol. The number of alkyl halides is 1. The average molecular weight is 370 g/mol. The van der Waals surface area contributed by atoms with E-state index in [0.29, 0.717) is 12.4 Å². The lowest BCUT2D eigenvalue weighted by Gasteiger charge is -2.23. The van der Waals surface area contributed by atoms with Crippen LogP contribution in [0.1, 0.15) is 38.8 Å². The largest absolute Gasteiger partial charge is 0.393 e. The van der Waals surface area contributed by atoms with E-state index in [4.69, 9.17) is 10.3 Å². The van der Waals surface area contributed by atoms with E-state index in [1.165, 1.54) is 12.3 Å². The summed E-state index contributed by atoms with van der Waals surface area (Å²) in [5, 5.41) is 25.5. The minimum Gasteiger partial charge on any atom is -0.393 e. The lowest BCUT2D eigenvalue weighted by molar-refractivity contribution is -0.124.